The molecule has 1 N–H and O–H groups in total. The van der Waals surface area contributed by atoms with Crippen molar-refractivity contribution in [3.05, 3.63) is 57.8 Å². The quantitative estimate of drug-likeness (QED) is 0.768. The number of benzene rings is 1. The highest BCUT2D eigenvalue weighted by molar-refractivity contribution is 7.89. The van der Waals surface area contributed by atoms with Crippen LogP contribution in [0.2, 0.25) is 0 Å². The van der Waals surface area contributed by atoms with Gasteiger partial charge in [-0.15, -0.1) is 11.3 Å². The Morgan fingerprint density at radius 2 is 1.83 bits per heavy atom. The molecule has 1 unspecified atom stereocenters. The second-order valence-electron chi connectivity index (χ2n) is 6.16. The Kier molecular flexibility index (Phi) is 6.39. The van der Waals surface area contributed by atoms with Crippen molar-refractivity contribution >= 4 is 21.4 Å². The highest BCUT2D eigenvalue weighted by Crippen LogP contribution is 2.27. The summed E-state index contributed by atoms with van der Waals surface area (Å²) in [4.78, 5) is 1.02. The van der Waals surface area contributed by atoms with Gasteiger partial charge in [-0.25, -0.2) is 13.1 Å². The molecule has 23 heavy (non-hydrogen) atoms. The zero-order chi connectivity index (χ0) is 16.9. The first-order chi connectivity index (χ1) is 10.9. The normalized spacial score (nSPS) is 13.4. The predicted molar refractivity (Wildman–Crippen MR) is 98.4 cm³/mol. The van der Waals surface area contributed by atoms with Crippen molar-refractivity contribution in [3.8, 4) is 0 Å². The Balaban J connectivity index is 2.24. The third-order valence-corrected chi connectivity index (χ3v) is 6.12. The fourth-order valence-electron chi connectivity index (χ4n) is 2.32. The molecule has 0 amide bonds. The largest absolute Gasteiger partial charge is 0.212 e. The van der Waals surface area contributed by atoms with Gasteiger partial charge in [0.1, 0.15) is 0 Å². The molecule has 0 aliphatic carbocycles. The SMILES string of the molecule is CCc1ccc(C(NS(=O)(=O)CCC(C)C)c2cccs2)cc1. The summed E-state index contributed by atoms with van der Waals surface area (Å²) < 4.78 is 27.7. The van der Waals surface area contributed by atoms with Crippen molar-refractivity contribution in [1.29, 1.82) is 0 Å². The molecule has 1 aromatic heterocycles. The molecule has 126 valence electrons. The number of rotatable bonds is 8. The molecule has 0 spiro atoms. The van der Waals surface area contributed by atoms with Crippen molar-refractivity contribution < 1.29 is 8.42 Å². The van der Waals surface area contributed by atoms with Crippen LogP contribution in [0.1, 0.15) is 49.2 Å². The monoisotopic (exact) mass is 351 g/mol. The van der Waals surface area contributed by atoms with Crippen LogP contribution in [0.25, 0.3) is 0 Å². The van der Waals surface area contributed by atoms with Gasteiger partial charge in [0.05, 0.1) is 11.8 Å². The molecule has 1 heterocycles. The molecule has 2 rings (SSSR count). The van der Waals surface area contributed by atoms with Crippen molar-refractivity contribution in [3.63, 3.8) is 0 Å². The zero-order valence-corrected chi connectivity index (χ0v) is 15.6. The van der Waals surface area contributed by atoms with E-state index in [2.05, 4.69) is 23.8 Å². The van der Waals surface area contributed by atoms with E-state index in [0.29, 0.717) is 12.3 Å². The van der Waals surface area contributed by atoms with Crippen LogP contribution < -0.4 is 4.72 Å². The number of sulfonamides is 1. The van der Waals surface area contributed by atoms with Crippen molar-refractivity contribution in [2.75, 3.05) is 5.75 Å². The van der Waals surface area contributed by atoms with E-state index in [4.69, 9.17) is 0 Å². The standard InChI is InChI=1S/C18H25NO2S2/c1-4-15-7-9-16(10-8-15)18(17-6-5-12-22-17)19-23(20,21)13-11-14(2)3/h5-10,12,14,18-19H,4,11,13H2,1-3H3. The smallest absolute Gasteiger partial charge is 0.212 e. The van der Waals surface area contributed by atoms with Gasteiger partial charge in [0.2, 0.25) is 10.0 Å². The maximum atomic E-state index is 12.4. The van der Waals surface area contributed by atoms with Gasteiger partial charge in [0, 0.05) is 4.88 Å². The van der Waals surface area contributed by atoms with Gasteiger partial charge in [-0.05, 0) is 41.3 Å². The lowest BCUT2D eigenvalue weighted by Crippen LogP contribution is -2.31. The number of nitrogens with one attached hydrogen (secondary N) is 1. The van der Waals surface area contributed by atoms with E-state index in [1.165, 1.54) is 5.56 Å². The molecular weight excluding hydrogens is 326 g/mol. The molecule has 0 saturated heterocycles. The van der Waals surface area contributed by atoms with Crippen LogP contribution in [0, 0.1) is 5.92 Å². The minimum atomic E-state index is -3.31. The Morgan fingerprint density at radius 3 is 2.35 bits per heavy atom. The summed E-state index contributed by atoms with van der Waals surface area (Å²) in [5.74, 6) is 0.537. The summed E-state index contributed by atoms with van der Waals surface area (Å²) in [5.41, 5.74) is 2.24. The van der Waals surface area contributed by atoms with Gasteiger partial charge in [-0.2, -0.15) is 0 Å². The van der Waals surface area contributed by atoms with Crippen LogP contribution >= 0.6 is 11.3 Å². The minimum absolute atomic E-state index is 0.166. The topological polar surface area (TPSA) is 46.2 Å². The van der Waals surface area contributed by atoms with Gasteiger partial charge in [0.15, 0.2) is 0 Å². The summed E-state index contributed by atoms with van der Waals surface area (Å²) in [6, 6.07) is 11.8. The third-order valence-electron chi connectivity index (χ3n) is 3.81. The highest BCUT2D eigenvalue weighted by atomic mass is 32.2. The molecular formula is C18H25NO2S2. The van der Waals surface area contributed by atoms with Gasteiger partial charge in [0.25, 0.3) is 0 Å². The van der Waals surface area contributed by atoms with Crippen molar-refractivity contribution in [2.24, 2.45) is 5.92 Å². The van der Waals surface area contributed by atoms with Crippen molar-refractivity contribution in [2.45, 2.75) is 39.7 Å². The highest BCUT2D eigenvalue weighted by Gasteiger charge is 2.22. The van der Waals surface area contributed by atoms with E-state index in [1.54, 1.807) is 11.3 Å². The Morgan fingerprint density at radius 1 is 1.13 bits per heavy atom. The Labute approximate surface area is 143 Å². The van der Waals surface area contributed by atoms with Gasteiger partial charge in [-0.1, -0.05) is 51.1 Å². The second kappa shape index (κ2) is 8.08. The van der Waals surface area contributed by atoms with E-state index >= 15 is 0 Å². The Hall–Kier alpha value is -1.17. The molecule has 0 radical (unpaired) electrons. The third kappa shape index (κ3) is 5.44. The number of thiophene rings is 1. The second-order valence-corrected chi connectivity index (χ2v) is 9.02. The van der Waals surface area contributed by atoms with Gasteiger partial charge in [-0.3, -0.25) is 0 Å². The molecule has 3 nitrogen and oxygen atoms in total. The summed E-state index contributed by atoms with van der Waals surface area (Å²) in [6.45, 7) is 6.19. The lowest BCUT2D eigenvalue weighted by molar-refractivity contribution is 0.555. The summed E-state index contributed by atoms with van der Waals surface area (Å²) in [7, 11) is -3.31. The molecule has 1 atom stereocenters. The van der Waals surface area contributed by atoms with E-state index < -0.39 is 10.0 Å². The molecule has 0 saturated carbocycles. The molecule has 2 aromatic rings. The maximum absolute atomic E-state index is 12.4. The summed E-state index contributed by atoms with van der Waals surface area (Å²) in [6.07, 6.45) is 1.64. The number of hydrogen-bond donors (Lipinski definition) is 1. The van der Waals surface area contributed by atoms with E-state index in [-0.39, 0.29) is 11.8 Å². The molecule has 0 aliphatic rings. The number of aryl methyl sites for hydroxylation is 1. The maximum Gasteiger partial charge on any atom is 0.212 e. The number of hydrogen-bond acceptors (Lipinski definition) is 3. The summed E-state index contributed by atoms with van der Waals surface area (Å²) in [5, 5.41) is 1.98. The van der Waals surface area contributed by atoms with Crippen LogP contribution in [0.4, 0.5) is 0 Å². The first-order valence-corrected chi connectivity index (χ1v) is 10.6. The molecule has 0 fully saturated rings. The first kappa shape index (κ1) is 18.2. The van der Waals surface area contributed by atoms with Gasteiger partial charge >= 0.3 is 0 Å². The fraction of sp³-hybridized carbons (Fsp3) is 0.444. The van der Waals surface area contributed by atoms with Crippen LogP contribution in [-0.4, -0.2) is 14.2 Å². The van der Waals surface area contributed by atoms with Crippen LogP contribution in [0.5, 0.6) is 0 Å². The Bertz CT molecular complexity index is 689. The van der Waals surface area contributed by atoms with E-state index in [1.807, 2.05) is 43.5 Å². The first-order valence-electron chi connectivity index (χ1n) is 8.03. The molecule has 0 bridgehead atoms. The zero-order valence-electron chi connectivity index (χ0n) is 14.0. The van der Waals surface area contributed by atoms with Crippen molar-refractivity contribution in [1.82, 2.24) is 4.72 Å². The molecule has 1 aromatic carbocycles. The summed E-state index contributed by atoms with van der Waals surface area (Å²) >= 11 is 1.57. The fourth-order valence-corrected chi connectivity index (χ4v) is 4.72. The average molecular weight is 352 g/mol. The molecule has 5 heteroatoms. The predicted octanol–water partition coefficient (Wildman–Crippen LogP) is 4.37. The van der Waals surface area contributed by atoms with Crippen LogP contribution in [0.3, 0.4) is 0 Å². The van der Waals surface area contributed by atoms with Crippen LogP contribution in [0.15, 0.2) is 41.8 Å². The lowest BCUT2D eigenvalue weighted by atomic mass is 10.0. The lowest BCUT2D eigenvalue weighted by Gasteiger charge is -2.19. The van der Waals surface area contributed by atoms with Gasteiger partial charge < -0.3 is 0 Å². The minimum Gasteiger partial charge on any atom is -0.212 e. The van der Waals surface area contributed by atoms with E-state index in [0.717, 1.165) is 16.9 Å². The van der Waals surface area contributed by atoms with E-state index in [9.17, 15) is 8.42 Å². The average Bonchev–Trinajstić information content (AvgIpc) is 3.05. The molecule has 0 aliphatic heterocycles. The van der Waals surface area contributed by atoms with Crippen LogP contribution in [-0.2, 0) is 16.4 Å².